The number of nitrogens with two attached hydrogens (primary N) is 1. The van der Waals surface area contributed by atoms with Crippen molar-refractivity contribution >= 4 is 22.3 Å². The van der Waals surface area contributed by atoms with Crippen LogP contribution in [0.1, 0.15) is 0 Å². The van der Waals surface area contributed by atoms with Crippen LogP contribution in [-0.4, -0.2) is 23.2 Å². The maximum Gasteiger partial charge on any atom is 0.133 e. The number of aliphatic hydroxyl groups excluding tert-OH is 1. The Bertz CT molecular complexity index is 470. The quantitative estimate of drug-likeness (QED) is 0.656. The molecule has 0 unspecified atom stereocenters. The second-order valence-electron chi connectivity index (χ2n) is 3.29. The van der Waals surface area contributed by atoms with Gasteiger partial charge in [0.25, 0.3) is 0 Å². The molecule has 0 atom stereocenters. The summed E-state index contributed by atoms with van der Waals surface area (Å²) >= 11 is 0. The lowest BCUT2D eigenvalue weighted by Gasteiger charge is -2.07. The van der Waals surface area contributed by atoms with Crippen molar-refractivity contribution in [2.75, 3.05) is 24.2 Å². The molecule has 0 aliphatic carbocycles. The number of anilines is 2. The first-order chi connectivity index (χ1) is 7.31. The van der Waals surface area contributed by atoms with Crippen LogP contribution in [0.2, 0.25) is 0 Å². The van der Waals surface area contributed by atoms with Gasteiger partial charge in [-0.25, -0.2) is 4.98 Å². The first-order valence-corrected chi connectivity index (χ1v) is 4.80. The number of nitrogen functional groups attached to an aromatic ring is 1. The number of fused-ring (bicyclic) bond motifs is 1. The number of nitrogens with one attached hydrogen (secondary N) is 1. The van der Waals surface area contributed by atoms with E-state index in [0.29, 0.717) is 6.54 Å². The van der Waals surface area contributed by atoms with Crippen molar-refractivity contribution in [1.82, 2.24) is 4.98 Å². The van der Waals surface area contributed by atoms with E-state index in [2.05, 4.69) is 10.3 Å². The van der Waals surface area contributed by atoms with Crippen molar-refractivity contribution in [2.24, 2.45) is 0 Å². The highest BCUT2D eigenvalue weighted by Gasteiger charge is 2.01. The highest BCUT2D eigenvalue weighted by Crippen LogP contribution is 2.22. The van der Waals surface area contributed by atoms with Gasteiger partial charge in [0.1, 0.15) is 5.82 Å². The Balaban J connectivity index is 2.46. The standard InChI is InChI=1S/C11H13N3O/c12-9-1-2-10-8(7-9)3-4-13-11(10)14-5-6-15/h1-4,7,15H,5-6,12H2,(H,13,14). The van der Waals surface area contributed by atoms with E-state index in [4.69, 9.17) is 10.8 Å². The molecule has 0 aliphatic heterocycles. The highest BCUT2D eigenvalue weighted by atomic mass is 16.3. The molecule has 0 spiro atoms. The Morgan fingerprint density at radius 1 is 1.33 bits per heavy atom. The molecule has 2 rings (SSSR count). The SMILES string of the molecule is Nc1ccc2c(NCCO)nccc2c1. The van der Waals surface area contributed by atoms with Crippen molar-refractivity contribution in [3.63, 3.8) is 0 Å². The van der Waals surface area contributed by atoms with Crippen LogP contribution in [0.25, 0.3) is 10.8 Å². The molecule has 4 heteroatoms. The normalized spacial score (nSPS) is 10.5. The third kappa shape index (κ3) is 1.99. The van der Waals surface area contributed by atoms with Gasteiger partial charge in [-0.1, -0.05) is 0 Å². The fraction of sp³-hybridized carbons (Fsp3) is 0.182. The molecule has 2 aromatic rings. The van der Waals surface area contributed by atoms with Crippen LogP contribution in [0, 0.1) is 0 Å². The predicted octanol–water partition coefficient (Wildman–Crippen LogP) is 1.22. The number of aromatic nitrogens is 1. The molecular formula is C11H13N3O. The van der Waals surface area contributed by atoms with Crippen LogP contribution in [0.15, 0.2) is 30.5 Å². The summed E-state index contributed by atoms with van der Waals surface area (Å²) in [6, 6.07) is 7.59. The van der Waals surface area contributed by atoms with Crippen LogP contribution in [0.3, 0.4) is 0 Å². The monoisotopic (exact) mass is 203 g/mol. The van der Waals surface area contributed by atoms with Gasteiger partial charge < -0.3 is 16.2 Å². The predicted molar refractivity (Wildman–Crippen MR) is 61.7 cm³/mol. The van der Waals surface area contributed by atoms with Crippen molar-refractivity contribution < 1.29 is 5.11 Å². The minimum absolute atomic E-state index is 0.0903. The minimum Gasteiger partial charge on any atom is -0.399 e. The van der Waals surface area contributed by atoms with Crippen molar-refractivity contribution in [1.29, 1.82) is 0 Å². The van der Waals surface area contributed by atoms with Crippen LogP contribution in [0.4, 0.5) is 11.5 Å². The average molecular weight is 203 g/mol. The summed E-state index contributed by atoms with van der Waals surface area (Å²) in [6.45, 7) is 0.587. The molecule has 0 saturated carbocycles. The first-order valence-electron chi connectivity index (χ1n) is 4.80. The number of nitrogens with zero attached hydrogens (tertiary/aromatic N) is 1. The van der Waals surface area contributed by atoms with E-state index in [-0.39, 0.29) is 6.61 Å². The molecule has 15 heavy (non-hydrogen) atoms. The molecule has 1 aromatic heterocycles. The summed E-state index contributed by atoms with van der Waals surface area (Å²) < 4.78 is 0. The summed E-state index contributed by atoms with van der Waals surface area (Å²) in [5, 5.41) is 13.8. The van der Waals surface area contributed by atoms with Gasteiger partial charge in [-0.05, 0) is 29.7 Å². The second kappa shape index (κ2) is 4.14. The fourth-order valence-corrected chi connectivity index (χ4v) is 1.51. The number of pyridine rings is 1. The molecule has 0 radical (unpaired) electrons. The lowest BCUT2D eigenvalue weighted by Crippen LogP contribution is -2.07. The Hall–Kier alpha value is -1.81. The summed E-state index contributed by atoms with van der Waals surface area (Å²) in [5.74, 6) is 0.779. The zero-order valence-electron chi connectivity index (χ0n) is 8.27. The maximum absolute atomic E-state index is 8.73. The molecule has 0 fully saturated rings. The van der Waals surface area contributed by atoms with E-state index < -0.39 is 0 Å². The lowest BCUT2D eigenvalue weighted by atomic mass is 10.1. The van der Waals surface area contributed by atoms with Gasteiger partial charge in [-0.3, -0.25) is 0 Å². The number of hydrogen-bond donors (Lipinski definition) is 3. The smallest absolute Gasteiger partial charge is 0.133 e. The molecule has 78 valence electrons. The summed E-state index contributed by atoms with van der Waals surface area (Å²) in [5.41, 5.74) is 6.43. The van der Waals surface area contributed by atoms with Gasteiger partial charge >= 0.3 is 0 Å². The minimum atomic E-state index is 0.0903. The Kier molecular flexibility index (Phi) is 2.69. The van der Waals surface area contributed by atoms with Gasteiger partial charge in [0.15, 0.2) is 0 Å². The van der Waals surface area contributed by atoms with Gasteiger partial charge in [0.2, 0.25) is 0 Å². The number of hydrogen-bond acceptors (Lipinski definition) is 4. The third-order valence-electron chi connectivity index (χ3n) is 2.19. The number of aliphatic hydroxyl groups is 1. The topological polar surface area (TPSA) is 71.2 Å². The first kappa shape index (κ1) is 9.73. The van der Waals surface area contributed by atoms with Crippen LogP contribution < -0.4 is 11.1 Å². The fourth-order valence-electron chi connectivity index (χ4n) is 1.51. The van der Waals surface area contributed by atoms with E-state index in [1.54, 1.807) is 6.20 Å². The van der Waals surface area contributed by atoms with Gasteiger partial charge in [0, 0.05) is 23.8 Å². The van der Waals surface area contributed by atoms with Crippen LogP contribution >= 0.6 is 0 Å². The average Bonchev–Trinajstić information content (AvgIpc) is 2.25. The molecule has 4 nitrogen and oxygen atoms in total. The summed E-state index contributed by atoms with van der Waals surface area (Å²) in [4.78, 5) is 4.21. The van der Waals surface area contributed by atoms with Crippen LogP contribution in [-0.2, 0) is 0 Å². The Morgan fingerprint density at radius 3 is 3.00 bits per heavy atom. The third-order valence-corrected chi connectivity index (χ3v) is 2.19. The molecule has 0 saturated heterocycles. The molecule has 0 bridgehead atoms. The zero-order chi connectivity index (χ0) is 10.7. The van der Waals surface area contributed by atoms with E-state index in [9.17, 15) is 0 Å². The summed E-state index contributed by atoms with van der Waals surface area (Å²) in [6.07, 6.45) is 1.72. The Morgan fingerprint density at radius 2 is 2.20 bits per heavy atom. The Labute approximate surface area is 87.7 Å². The largest absolute Gasteiger partial charge is 0.399 e. The maximum atomic E-state index is 8.73. The van der Waals surface area contributed by atoms with Gasteiger partial charge in [-0.2, -0.15) is 0 Å². The highest BCUT2D eigenvalue weighted by molar-refractivity contribution is 5.93. The zero-order valence-corrected chi connectivity index (χ0v) is 8.27. The van der Waals surface area contributed by atoms with Gasteiger partial charge in [0.05, 0.1) is 6.61 Å². The van der Waals surface area contributed by atoms with Crippen molar-refractivity contribution in [3.8, 4) is 0 Å². The van der Waals surface area contributed by atoms with Crippen molar-refractivity contribution in [3.05, 3.63) is 30.5 Å². The summed E-state index contributed by atoms with van der Waals surface area (Å²) in [7, 11) is 0. The second-order valence-corrected chi connectivity index (χ2v) is 3.29. The van der Waals surface area contributed by atoms with E-state index >= 15 is 0 Å². The molecule has 1 aromatic carbocycles. The lowest BCUT2D eigenvalue weighted by molar-refractivity contribution is 0.311. The molecular weight excluding hydrogens is 190 g/mol. The molecule has 1 heterocycles. The van der Waals surface area contributed by atoms with Crippen molar-refractivity contribution in [2.45, 2.75) is 0 Å². The molecule has 0 aliphatic rings. The number of rotatable bonds is 3. The van der Waals surface area contributed by atoms with E-state index in [1.807, 2.05) is 24.3 Å². The number of benzene rings is 1. The van der Waals surface area contributed by atoms with E-state index in [1.165, 1.54) is 0 Å². The van der Waals surface area contributed by atoms with Gasteiger partial charge in [-0.15, -0.1) is 0 Å². The van der Waals surface area contributed by atoms with Crippen LogP contribution in [0.5, 0.6) is 0 Å². The molecule has 4 N–H and O–H groups in total. The molecule has 0 amide bonds. The van der Waals surface area contributed by atoms with E-state index in [0.717, 1.165) is 22.3 Å².